The maximum absolute atomic E-state index is 14.0. The first-order valence-electron chi connectivity index (χ1n) is 14.6. The second kappa shape index (κ2) is 15.4. The first-order chi connectivity index (χ1) is 20.0. The Kier molecular flexibility index (Phi) is 11.4. The van der Waals surface area contributed by atoms with Crippen LogP contribution in [0.4, 0.5) is 5.69 Å². The normalized spacial score (nSPS) is 15.2. The van der Waals surface area contributed by atoms with Gasteiger partial charge in [-0.25, -0.2) is 13.8 Å². The average Bonchev–Trinajstić information content (AvgIpc) is 3.00. The van der Waals surface area contributed by atoms with Crippen molar-refractivity contribution in [2.24, 2.45) is 5.10 Å². The number of benzene rings is 3. The topological polar surface area (TPSA) is 88.1 Å². The maximum atomic E-state index is 14.0. The lowest BCUT2D eigenvalue weighted by atomic mass is 10.00. The molecule has 1 N–H and O–H groups in total. The van der Waals surface area contributed by atoms with E-state index >= 15 is 0 Å². The van der Waals surface area contributed by atoms with Gasteiger partial charge in [-0.05, 0) is 67.6 Å². The second-order valence-corrected chi connectivity index (χ2v) is 12.4. The minimum Gasteiger partial charge on any atom is -0.497 e. The van der Waals surface area contributed by atoms with E-state index in [0.29, 0.717) is 11.4 Å². The molecular formula is C33H41N3O4S. The molecule has 4 rings (SSSR count). The molecule has 8 heteroatoms. The highest BCUT2D eigenvalue weighted by atomic mass is 32.2. The number of sulfonamides is 1. The highest BCUT2D eigenvalue weighted by molar-refractivity contribution is 7.92. The van der Waals surface area contributed by atoms with Gasteiger partial charge in [0.2, 0.25) is 0 Å². The number of nitrogens with one attached hydrogen (secondary N) is 1. The minimum absolute atomic E-state index is 0.0635. The summed E-state index contributed by atoms with van der Waals surface area (Å²) in [5, 5.41) is 4.55. The maximum Gasteiger partial charge on any atom is 0.273 e. The van der Waals surface area contributed by atoms with Crippen LogP contribution in [-0.4, -0.2) is 27.1 Å². The van der Waals surface area contributed by atoms with E-state index in [9.17, 15) is 13.2 Å². The zero-order valence-electron chi connectivity index (χ0n) is 23.9. The van der Waals surface area contributed by atoms with E-state index in [1.807, 2.05) is 30.3 Å². The fourth-order valence-corrected chi connectivity index (χ4v) is 6.60. The van der Waals surface area contributed by atoms with E-state index in [4.69, 9.17) is 4.74 Å². The van der Waals surface area contributed by atoms with Crippen molar-refractivity contribution in [3.63, 3.8) is 0 Å². The summed E-state index contributed by atoms with van der Waals surface area (Å²) in [6, 6.07) is 22.4. The molecule has 1 aliphatic rings. The summed E-state index contributed by atoms with van der Waals surface area (Å²) in [5.74, 6) is 0.131. The summed E-state index contributed by atoms with van der Waals surface area (Å²) >= 11 is 0. The lowest BCUT2D eigenvalue weighted by molar-refractivity contribution is 0.0955. The Bertz CT molecular complexity index is 1380. The molecule has 0 radical (unpaired) electrons. The van der Waals surface area contributed by atoms with Crippen LogP contribution in [0.5, 0.6) is 5.75 Å². The summed E-state index contributed by atoms with van der Waals surface area (Å²) in [6.45, 7) is 0.0635. The highest BCUT2D eigenvalue weighted by Gasteiger charge is 2.28. The van der Waals surface area contributed by atoms with Crippen molar-refractivity contribution in [2.75, 3.05) is 11.4 Å². The fraction of sp³-hybridized carbons (Fsp3) is 0.394. The van der Waals surface area contributed by atoms with Crippen molar-refractivity contribution in [1.29, 1.82) is 0 Å². The molecule has 1 aliphatic carbocycles. The minimum atomic E-state index is -4.03. The Balaban J connectivity index is 1.63. The SMILES string of the molecule is COc1ccc(S(=O)(=O)N(Cc2ccccc2)c2ccccc2C(=O)NN=C2CCCCCCCCCCC2)cc1. The number of anilines is 1. The van der Waals surface area contributed by atoms with Gasteiger partial charge < -0.3 is 4.74 Å². The van der Waals surface area contributed by atoms with Gasteiger partial charge in [-0.2, -0.15) is 5.10 Å². The van der Waals surface area contributed by atoms with Crippen molar-refractivity contribution in [3.8, 4) is 5.75 Å². The quantitative estimate of drug-likeness (QED) is 0.282. The Morgan fingerprint density at radius 1 is 0.780 bits per heavy atom. The van der Waals surface area contributed by atoms with E-state index in [2.05, 4.69) is 10.5 Å². The standard InChI is InChI=1S/C33H41N3O4S/c1-40-29-22-24-30(25-23-29)41(38,39)36(26-27-16-10-9-11-17-27)32-21-15-14-20-31(32)33(37)35-34-28-18-12-7-5-3-2-4-6-8-13-19-28/h9-11,14-17,20-25H,2-8,12-13,18-19,26H2,1H3,(H,35,37). The van der Waals surface area contributed by atoms with Crippen molar-refractivity contribution in [1.82, 2.24) is 5.43 Å². The number of rotatable bonds is 8. The van der Waals surface area contributed by atoms with Gasteiger partial charge in [0, 0.05) is 5.71 Å². The molecule has 0 aromatic heterocycles. The number of carbonyl (C=O) groups excluding carboxylic acids is 1. The monoisotopic (exact) mass is 575 g/mol. The summed E-state index contributed by atoms with van der Waals surface area (Å²) in [7, 11) is -2.50. The van der Waals surface area contributed by atoms with Crippen LogP contribution < -0.4 is 14.5 Å². The first kappa shape index (κ1) is 30.3. The van der Waals surface area contributed by atoms with Gasteiger partial charge >= 0.3 is 0 Å². The largest absolute Gasteiger partial charge is 0.497 e. The molecule has 218 valence electrons. The molecule has 0 spiro atoms. The number of hydrogen-bond acceptors (Lipinski definition) is 5. The molecule has 0 saturated heterocycles. The lowest BCUT2D eigenvalue weighted by Gasteiger charge is -2.26. The average molecular weight is 576 g/mol. The molecule has 3 aromatic rings. The van der Waals surface area contributed by atoms with Gasteiger partial charge in [0.05, 0.1) is 29.8 Å². The number of amides is 1. The summed E-state index contributed by atoms with van der Waals surface area (Å²) in [5.41, 5.74) is 5.10. The van der Waals surface area contributed by atoms with Crippen LogP contribution in [0, 0.1) is 0 Å². The van der Waals surface area contributed by atoms with Gasteiger partial charge in [-0.15, -0.1) is 0 Å². The highest BCUT2D eigenvalue weighted by Crippen LogP contribution is 2.30. The van der Waals surface area contributed by atoms with Crippen LogP contribution in [0.1, 0.15) is 86.6 Å². The number of methoxy groups -OCH3 is 1. The number of hydrazone groups is 1. The van der Waals surface area contributed by atoms with Crippen LogP contribution >= 0.6 is 0 Å². The number of nitrogens with zero attached hydrogens (tertiary/aromatic N) is 2. The molecule has 7 nitrogen and oxygen atoms in total. The third-order valence-electron chi connectivity index (χ3n) is 7.48. The van der Waals surface area contributed by atoms with Crippen molar-refractivity contribution < 1.29 is 17.9 Å². The molecular weight excluding hydrogens is 534 g/mol. The number of hydrogen-bond donors (Lipinski definition) is 1. The summed E-state index contributed by atoms with van der Waals surface area (Å²) < 4.78 is 34.6. The number of ether oxygens (including phenoxy) is 1. The zero-order chi connectivity index (χ0) is 28.9. The van der Waals surface area contributed by atoms with Gasteiger partial charge in [0.1, 0.15) is 5.75 Å². The summed E-state index contributed by atoms with van der Waals surface area (Å²) in [4.78, 5) is 13.6. The van der Waals surface area contributed by atoms with Gasteiger partial charge in [0.15, 0.2) is 0 Å². The van der Waals surface area contributed by atoms with Crippen LogP contribution in [0.2, 0.25) is 0 Å². The number of para-hydroxylation sites is 1. The Morgan fingerprint density at radius 2 is 1.34 bits per heavy atom. The predicted octanol–water partition coefficient (Wildman–Crippen LogP) is 7.48. The van der Waals surface area contributed by atoms with Gasteiger partial charge in [-0.1, -0.05) is 87.4 Å². The molecule has 1 fully saturated rings. The molecule has 0 unspecified atom stereocenters. The molecule has 1 amide bonds. The lowest BCUT2D eigenvalue weighted by Crippen LogP contribution is -2.33. The van der Waals surface area contributed by atoms with E-state index in [0.717, 1.165) is 37.0 Å². The molecule has 0 heterocycles. The van der Waals surface area contributed by atoms with E-state index < -0.39 is 15.9 Å². The Morgan fingerprint density at radius 3 is 1.95 bits per heavy atom. The summed E-state index contributed by atoms with van der Waals surface area (Å²) in [6.07, 6.45) is 12.6. The first-order valence-corrected chi connectivity index (χ1v) is 16.1. The van der Waals surface area contributed by atoms with E-state index in [1.165, 1.54) is 68.5 Å². The van der Waals surface area contributed by atoms with Crippen LogP contribution in [0.25, 0.3) is 0 Å². The third kappa shape index (κ3) is 8.67. The Labute approximate surface area is 244 Å². The second-order valence-electron chi connectivity index (χ2n) is 10.5. The van der Waals surface area contributed by atoms with Crippen molar-refractivity contribution >= 4 is 27.3 Å². The van der Waals surface area contributed by atoms with Gasteiger partial charge in [0.25, 0.3) is 15.9 Å². The molecule has 0 aliphatic heterocycles. The van der Waals surface area contributed by atoms with E-state index in [-0.39, 0.29) is 17.0 Å². The zero-order valence-corrected chi connectivity index (χ0v) is 24.7. The van der Waals surface area contributed by atoms with Crippen LogP contribution in [0.3, 0.4) is 0 Å². The predicted molar refractivity (Wildman–Crippen MR) is 165 cm³/mol. The van der Waals surface area contributed by atoms with Crippen LogP contribution in [-0.2, 0) is 16.6 Å². The third-order valence-corrected chi connectivity index (χ3v) is 9.25. The van der Waals surface area contributed by atoms with Crippen LogP contribution in [0.15, 0.2) is 88.9 Å². The molecule has 0 atom stereocenters. The molecule has 3 aromatic carbocycles. The Hall–Kier alpha value is -3.65. The number of carbonyl (C=O) groups is 1. The fourth-order valence-electron chi connectivity index (χ4n) is 5.13. The molecule has 0 bridgehead atoms. The molecule has 41 heavy (non-hydrogen) atoms. The van der Waals surface area contributed by atoms with Crippen molar-refractivity contribution in [3.05, 3.63) is 90.0 Å². The van der Waals surface area contributed by atoms with E-state index in [1.54, 1.807) is 36.4 Å². The molecule has 1 saturated carbocycles. The smallest absolute Gasteiger partial charge is 0.273 e. The van der Waals surface area contributed by atoms with Gasteiger partial charge in [-0.3, -0.25) is 9.10 Å². The van der Waals surface area contributed by atoms with Crippen molar-refractivity contribution in [2.45, 2.75) is 82.1 Å².